The molecule has 2 unspecified atom stereocenters. The van der Waals surface area contributed by atoms with Crippen molar-refractivity contribution in [3.8, 4) is 11.5 Å². The largest absolute Gasteiger partial charge is 0.457 e. The summed E-state index contributed by atoms with van der Waals surface area (Å²) in [5, 5.41) is 0. The molecule has 0 bridgehead atoms. The minimum absolute atomic E-state index is 0.304. The van der Waals surface area contributed by atoms with Gasteiger partial charge in [0.25, 0.3) is 0 Å². The molecule has 2 aliphatic heterocycles. The summed E-state index contributed by atoms with van der Waals surface area (Å²) in [5.74, 6) is 1.77. The Hall–Kier alpha value is -2.36. The van der Waals surface area contributed by atoms with Crippen LogP contribution in [0.3, 0.4) is 0 Å². The molecule has 0 saturated carbocycles. The van der Waals surface area contributed by atoms with E-state index in [1.807, 2.05) is 26.0 Å². The third-order valence-electron chi connectivity index (χ3n) is 5.03. The highest BCUT2D eigenvalue weighted by molar-refractivity contribution is 5.65. The average molecular weight is 362 g/mol. The van der Waals surface area contributed by atoms with Crippen LogP contribution in [0.25, 0.3) is 11.1 Å². The third kappa shape index (κ3) is 4.49. The lowest BCUT2D eigenvalue weighted by Crippen LogP contribution is -2.02. The predicted octanol–water partition coefficient (Wildman–Crippen LogP) is 5.43. The summed E-state index contributed by atoms with van der Waals surface area (Å²) in [7, 11) is 0. The molecule has 2 heterocycles. The molecule has 2 atom stereocenters. The molecule has 0 aliphatic carbocycles. The summed E-state index contributed by atoms with van der Waals surface area (Å²) in [6, 6.07) is 12.6. The fourth-order valence-electron chi connectivity index (χ4n) is 3.19. The van der Waals surface area contributed by atoms with Crippen LogP contribution in [0.2, 0.25) is 0 Å². The molecule has 0 amide bonds. The van der Waals surface area contributed by atoms with E-state index in [2.05, 4.69) is 37.4 Å². The Morgan fingerprint density at radius 1 is 0.852 bits per heavy atom. The van der Waals surface area contributed by atoms with Gasteiger partial charge in [-0.1, -0.05) is 36.4 Å². The maximum atomic E-state index is 6.40. The van der Waals surface area contributed by atoms with Crippen molar-refractivity contribution >= 4 is 11.1 Å². The second-order valence-electron chi connectivity index (χ2n) is 7.63. The van der Waals surface area contributed by atoms with Crippen molar-refractivity contribution in [2.24, 2.45) is 0 Å². The van der Waals surface area contributed by atoms with Crippen LogP contribution in [0.5, 0.6) is 11.5 Å². The van der Waals surface area contributed by atoms with Crippen molar-refractivity contribution in [1.82, 2.24) is 0 Å². The highest BCUT2D eigenvalue weighted by atomic mass is 16.6. The standard InChI is InChI=1S/C24H26O3/c1-15(2)17-5-7-23(19(9-17)11-21-13-25-21)27-24-8-6-18(16(3)4)10-20(24)12-22-14-26-22/h5-10,21-22H,1,3,11-14H2,2,4H3. The van der Waals surface area contributed by atoms with Gasteiger partial charge in [0.2, 0.25) is 0 Å². The van der Waals surface area contributed by atoms with Gasteiger partial charge in [0.15, 0.2) is 0 Å². The Morgan fingerprint density at radius 2 is 1.26 bits per heavy atom. The number of epoxide rings is 2. The summed E-state index contributed by atoms with van der Waals surface area (Å²) in [6.07, 6.45) is 2.33. The number of rotatable bonds is 8. The Balaban J connectivity index is 1.66. The minimum Gasteiger partial charge on any atom is -0.457 e. The fourth-order valence-corrected chi connectivity index (χ4v) is 3.19. The smallest absolute Gasteiger partial charge is 0.130 e. The molecule has 0 radical (unpaired) electrons. The summed E-state index contributed by atoms with van der Waals surface area (Å²) >= 11 is 0. The number of benzene rings is 2. The number of hydrogen-bond donors (Lipinski definition) is 0. The van der Waals surface area contributed by atoms with Gasteiger partial charge >= 0.3 is 0 Å². The van der Waals surface area contributed by atoms with Crippen molar-refractivity contribution in [2.75, 3.05) is 13.2 Å². The van der Waals surface area contributed by atoms with Gasteiger partial charge in [-0.2, -0.15) is 0 Å². The molecule has 3 nitrogen and oxygen atoms in total. The SMILES string of the molecule is C=C(C)c1ccc(Oc2ccc(C(=C)C)cc2CC2CO2)c(CC2CO2)c1. The van der Waals surface area contributed by atoms with E-state index in [1.165, 1.54) is 0 Å². The van der Waals surface area contributed by atoms with E-state index < -0.39 is 0 Å². The molecule has 0 N–H and O–H groups in total. The van der Waals surface area contributed by atoms with Crippen LogP contribution in [-0.4, -0.2) is 25.4 Å². The lowest BCUT2D eigenvalue weighted by atomic mass is 10.0. The van der Waals surface area contributed by atoms with Crippen LogP contribution in [0, 0.1) is 0 Å². The van der Waals surface area contributed by atoms with Crippen molar-refractivity contribution in [3.63, 3.8) is 0 Å². The van der Waals surface area contributed by atoms with Crippen molar-refractivity contribution < 1.29 is 14.2 Å². The number of allylic oxidation sites excluding steroid dienone is 2. The first-order valence-corrected chi connectivity index (χ1v) is 9.48. The molecule has 4 rings (SSSR count). The monoisotopic (exact) mass is 362 g/mol. The molecule has 0 spiro atoms. The molecular weight excluding hydrogens is 336 g/mol. The van der Waals surface area contributed by atoms with Crippen LogP contribution in [-0.2, 0) is 22.3 Å². The van der Waals surface area contributed by atoms with Crippen molar-refractivity contribution in [3.05, 3.63) is 71.8 Å². The van der Waals surface area contributed by atoms with E-state index in [4.69, 9.17) is 14.2 Å². The van der Waals surface area contributed by atoms with Crippen LogP contribution in [0.4, 0.5) is 0 Å². The summed E-state index contributed by atoms with van der Waals surface area (Å²) in [4.78, 5) is 0. The van der Waals surface area contributed by atoms with E-state index in [-0.39, 0.29) is 0 Å². The van der Waals surface area contributed by atoms with E-state index in [9.17, 15) is 0 Å². The molecule has 3 heteroatoms. The molecule has 2 fully saturated rings. The Kier molecular flexibility index (Phi) is 4.90. The maximum Gasteiger partial charge on any atom is 0.130 e. The zero-order valence-electron chi connectivity index (χ0n) is 16.1. The maximum absolute atomic E-state index is 6.40. The van der Waals surface area contributed by atoms with Gasteiger partial charge in [-0.3, -0.25) is 0 Å². The molecule has 0 aromatic heterocycles. The highest BCUT2D eigenvalue weighted by Gasteiger charge is 2.26. The molecule has 27 heavy (non-hydrogen) atoms. The Morgan fingerprint density at radius 3 is 1.59 bits per heavy atom. The molecule has 2 aromatic carbocycles. The van der Waals surface area contributed by atoms with Gasteiger partial charge in [-0.05, 0) is 60.4 Å². The first kappa shape index (κ1) is 18.0. The summed E-state index contributed by atoms with van der Waals surface area (Å²) in [5.41, 5.74) is 6.71. The van der Waals surface area contributed by atoms with Crippen molar-refractivity contribution in [2.45, 2.75) is 38.9 Å². The van der Waals surface area contributed by atoms with E-state index in [0.717, 1.165) is 71.0 Å². The second kappa shape index (κ2) is 7.34. The van der Waals surface area contributed by atoms with Crippen LogP contribution in [0.1, 0.15) is 36.1 Å². The predicted molar refractivity (Wildman–Crippen MR) is 109 cm³/mol. The lowest BCUT2D eigenvalue weighted by molar-refractivity contribution is 0.398. The molecule has 2 aliphatic rings. The second-order valence-corrected chi connectivity index (χ2v) is 7.63. The zero-order chi connectivity index (χ0) is 19.0. The van der Waals surface area contributed by atoms with Crippen LogP contribution >= 0.6 is 0 Å². The normalized spacial score (nSPS) is 20.2. The van der Waals surface area contributed by atoms with Crippen LogP contribution < -0.4 is 4.74 Å². The molecular formula is C24H26O3. The highest BCUT2D eigenvalue weighted by Crippen LogP contribution is 2.35. The van der Waals surface area contributed by atoms with Gasteiger partial charge in [0, 0.05) is 12.8 Å². The quantitative estimate of drug-likeness (QED) is 0.587. The van der Waals surface area contributed by atoms with Gasteiger partial charge < -0.3 is 14.2 Å². The molecule has 2 aromatic rings. The van der Waals surface area contributed by atoms with Crippen LogP contribution in [0.15, 0.2) is 49.6 Å². The average Bonchev–Trinajstić information content (AvgIpc) is 3.54. The zero-order valence-corrected chi connectivity index (χ0v) is 16.1. The first-order chi connectivity index (χ1) is 13.0. The minimum atomic E-state index is 0.304. The molecule has 2 saturated heterocycles. The third-order valence-corrected chi connectivity index (χ3v) is 5.03. The fraction of sp³-hybridized carbons (Fsp3) is 0.333. The van der Waals surface area contributed by atoms with Crippen molar-refractivity contribution in [1.29, 1.82) is 0 Å². The van der Waals surface area contributed by atoms with Gasteiger partial charge in [0.05, 0.1) is 25.4 Å². The number of hydrogen-bond acceptors (Lipinski definition) is 3. The van der Waals surface area contributed by atoms with Gasteiger partial charge in [-0.25, -0.2) is 0 Å². The number of ether oxygens (including phenoxy) is 3. The lowest BCUT2D eigenvalue weighted by Gasteiger charge is -2.16. The Labute approximate surface area is 161 Å². The summed E-state index contributed by atoms with van der Waals surface area (Å²) in [6.45, 7) is 13.8. The summed E-state index contributed by atoms with van der Waals surface area (Å²) < 4.78 is 17.3. The molecule has 140 valence electrons. The van der Waals surface area contributed by atoms with E-state index >= 15 is 0 Å². The van der Waals surface area contributed by atoms with Gasteiger partial charge in [0.1, 0.15) is 11.5 Å². The topological polar surface area (TPSA) is 34.3 Å². The first-order valence-electron chi connectivity index (χ1n) is 9.48. The van der Waals surface area contributed by atoms with E-state index in [0.29, 0.717) is 12.2 Å². The Bertz CT molecular complexity index is 815. The van der Waals surface area contributed by atoms with Gasteiger partial charge in [-0.15, -0.1) is 0 Å². The van der Waals surface area contributed by atoms with E-state index in [1.54, 1.807) is 0 Å².